The Morgan fingerprint density at radius 3 is 2.67 bits per heavy atom. The molecule has 2 aromatic rings. The summed E-state index contributed by atoms with van der Waals surface area (Å²) in [5, 5.41) is 23.2. The van der Waals surface area contributed by atoms with E-state index in [1.54, 1.807) is 24.0 Å². The van der Waals surface area contributed by atoms with Gasteiger partial charge in [0.1, 0.15) is 0 Å². The molecule has 3 aliphatic rings. The second-order valence-electron chi connectivity index (χ2n) is 11.9. The van der Waals surface area contributed by atoms with Crippen LogP contribution < -0.4 is 0 Å². The molecule has 0 radical (unpaired) electrons. The van der Waals surface area contributed by atoms with Crippen LogP contribution in [-0.2, 0) is 11.2 Å². The Hall–Kier alpha value is -2.90. The topological polar surface area (TPSA) is 100 Å². The lowest BCUT2D eigenvalue weighted by Crippen LogP contribution is -2.54. The van der Waals surface area contributed by atoms with Crippen LogP contribution in [0.15, 0.2) is 52.7 Å². The van der Waals surface area contributed by atoms with Gasteiger partial charge in [0.2, 0.25) is 5.78 Å². The van der Waals surface area contributed by atoms with Crippen molar-refractivity contribution in [1.29, 1.82) is 0 Å². The molecule has 3 aliphatic carbocycles. The second-order valence-corrected chi connectivity index (χ2v) is 11.9. The average Bonchev–Trinajstić information content (AvgIpc) is 3.54. The number of fused-ring (bicyclic) bond motifs is 8. The van der Waals surface area contributed by atoms with E-state index in [1.807, 2.05) is 25.1 Å². The maximum absolute atomic E-state index is 13.8. The highest BCUT2D eigenvalue weighted by Gasteiger charge is 2.57. The molecule has 0 unspecified atom stereocenters. The van der Waals surface area contributed by atoms with Gasteiger partial charge in [-0.05, 0) is 100 Å². The van der Waals surface area contributed by atoms with E-state index in [1.165, 1.54) is 11.8 Å². The molecular weight excluding hydrogens is 506 g/mol. The highest BCUT2D eigenvalue weighted by Crippen LogP contribution is 2.58. The molecule has 5 rings (SSSR count). The zero-order valence-electron chi connectivity index (χ0n) is 24.4. The number of carbonyl (C=O) groups is 2. The normalized spacial score (nSPS) is 27.0. The maximum atomic E-state index is 13.8. The second kappa shape index (κ2) is 12.7. The van der Waals surface area contributed by atoms with Gasteiger partial charge in [-0.1, -0.05) is 37.6 Å². The van der Waals surface area contributed by atoms with E-state index in [0.717, 1.165) is 30.4 Å². The van der Waals surface area contributed by atoms with Gasteiger partial charge in [-0.2, -0.15) is 0 Å². The summed E-state index contributed by atoms with van der Waals surface area (Å²) in [6, 6.07) is 9.29. The Kier molecular flexibility index (Phi) is 9.57. The number of benzene rings is 1. The van der Waals surface area contributed by atoms with Crippen molar-refractivity contribution in [1.82, 2.24) is 4.90 Å². The summed E-state index contributed by atoms with van der Waals surface area (Å²) in [5.41, 5.74) is 1.77. The van der Waals surface area contributed by atoms with Crippen LogP contribution >= 0.6 is 0 Å². The van der Waals surface area contributed by atoms with E-state index in [9.17, 15) is 19.8 Å². The van der Waals surface area contributed by atoms with Crippen LogP contribution in [0.4, 0.5) is 4.79 Å². The standard InChI is InChI=1S/C33H45NO6/c1-5-18-34(31(37)39-6-2)22-33(38)17-15-28-26-14-12-24(21-27(26)30(36)29-10-8-19-40-29)20-25(35)13-11-23(3)9-7-16-32(28,33)4/h8-10,12,14,19,21,25,28,35,38H,5-7,11,13,15-18,20,22H2,1-4H3/t25-,28-,32-,33+/m0/s1. The first-order valence-corrected chi connectivity index (χ1v) is 14.8. The monoisotopic (exact) mass is 551 g/mol. The molecular formula is C33H45NO6. The summed E-state index contributed by atoms with van der Waals surface area (Å²) in [4.78, 5) is 28.3. The van der Waals surface area contributed by atoms with E-state index in [4.69, 9.17) is 9.15 Å². The SMILES string of the molecule is CCCN(C[C@]1(O)CC[C@H]2c3ccc(cc3C(=O)c3ccco3)C[C@@H](O)CCC(C)=CCC[C@@]21C)C(=O)OCC. The highest BCUT2D eigenvalue weighted by atomic mass is 16.6. The van der Waals surface area contributed by atoms with Gasteiger partial charge in [-0.25, -0.2) is 4.79 Å². The van der Waals surface area contributed by atoms with E-state index >= 15 is 0 Å². The van der Waals surface area contributed by atoms with Crippen LogP contribution in [0, 0.1) is 5.41 Å². The van der Waals surface area contributed by atoms with Crippen LogP contribution in [0.5, 0.6) is 0 Å². The zero-order valence-corrected chi connectivity index (χ0v) is 24.4. The number of hydrogen-bond acceptors (Lipinski definition) is 6. The molecule has 1 fully saturated rings. The van der Waals surface area contributed by atoms with Gasteiger partial charge in [0.15, 0.2) is 5.76 Å². The number of aliphatic hydroxyl groups is 2. The number of aliphatic hydroxyl groups excluding tert-OH is 1. The number of furan rings is 1. The van der Waals surface area contributed by atoms with Crippen molar-refractivity contribution in [3.63, 3.8) is 0 Å². The summed E-state index contributed by atoms with van der Waals surface area (Å²) in [6.07, 6.45) is 8.07. The first-order chi connectivity index (χ1) is 19.1. The molecule has 218 valence electrons. The number of carbonyl (C=O) groups excluding carboxylic acids is 2. The predicted molar refractivity (Wildman–Crippen MR) is 154 cm³/mol. The molecule has 1 saturated carbocycles. The summed E-state index contributed by atoms with van der Waals surface area (Å²) in [6.45, 7) is 8.97. The van der Waals surface area contributed by atoms with Crippen molar-refractivity contribution in [2.24, 2.45) is 5.41 Å². The molecule has 0 spiro atoms. The first-order valence-electron chi connectivity index (χ1n) is 14.8. The molecule has 2 bridgehead atoms. The predicted octanol–water partition coefficient (Wildman–Crippen LogP) is 6.42. The van der Waals surface area contributed by atoms with E-state index < -0.39 is 23.2 Å². The summed E-state index contributed by atoms with van der Waals surface area (Å²) in [7, 11) is 0. The fourth-order valence-electron chi connectivity index (χ4n) is 6.77. The minimum absolute atomic E-state index is 0.118. The molecule has 0 aliphatic heterocycles. The smallest absolute Gasteiger partial charge is 0.409 e. The summed E-state index contributed by atoms with van der Waals surface area (Å²) >= 11 is 0. The van der Waals surface area contributed by atoms with Crippen molar-refractivity contribution < 1.29 is 29.0 Å². The Labute approximate surface area is 238 Å². The van der Waals surface area contributed by atoms with E-state index in [-0.39, 0.29) is 30.6 Å². The molecule has 7 nitrogen and oxygen atoms in total. The van der Waals surface area contributed by atoms with Gasteiger partial charge in [0.25, 0.3) is 0 Å². The van der Waals surface area contributed by atoms with Crippen LogP contribution in [0.3, 0.4) is 0 Å². The minimum atomic E-state index is -1.17. The summed E-state index contributed by atoms with van der Waals surface area (Å²) < 4.78 is 10.8. The Morgan fingerprint density at radius 1 is 1.18 bits per heavy atom. The molecule has 1 heterocycles. The fraction of sp³-hybridized carbons (Fsp3) is 0.576. The first kappa shape index (κ1) is 30.1. The van der Waals surface area contributed by atoms with Gasteiger partial charge in [-0.15, -0.1) is 0 Å². The molecule has 4 atom stereocenters. The van der Waals surface area contributed by atoms with Crippen LogP contribution in [0.2, 0.25) is 0 Å². The van der Waals surface area contributed by atoms with E-state index in [0.29, 0.717) is 44.2 Å². The average molecular weight is 552 g/mol. The number of ether oxygens (including phenoxy) is 1. The highest BCUT2D eigenvalue weighted by molar-refractivity contribution is 6.08. The van der Waals surface area contributed by atoms with Gasteiger partial charge >= 0.3 is 6.09 Å². The molecule has 0 saturated heterocycles. The number of amides is 1. The molecule has 40 heavy (non-hydrogen) atoms. The van der Waals surface area contributed by atoms with Crippen molar-refractivity contribution >= 4 is 11.9 Å². The summed E-state index contributed by atoms with van der Waals surface area (Å²) in [5.74, 6) is -0.0474. The van der Waals surface area contributed by atoms with Crippen LogP contribution in [0.25, 0.3) is 0 Å². The van der Waals surface area contributed by atoms with Crippen molar-refractivity contribution in [3.8, 4) is 0 Å². The van der Waals surface area contributed by atoms with Crippen LogP contribution in [-0.4, -0.2) is 58.4 Å². The van der Waals surface area contributed by atoms with Gasteiger partial charge in [-0.3, -0.25) is 4.79 Å². The number of ketones is 1. The largest absolute Gasteiger partial charge is 0.461 e. The van der Waals surface area contributed by atoms with Gasteiger partial charge in [0, 0.05) is 17.5 Å². The third-order valence-electron chi connectivity index (χ3n) is 9.13. The molecule has 2 N–H and O–H groups in total. The third kappa shape index (κ3) is 6.21. The Morgan fingerprint density at radius 2 is 1.98 bits per heavy atom. The lowest BCUT2D eigenvalue weighted by Gasteiger charge is -2.46. The number of hydrogen-bond donors (Lipinski definition) is 2. The molecule has 1 amide bonds. The number of nitrogens with zero attached hydrogens (tertiary/aromatic N) is 1. The zero-order chi connectivity index (χ0) is 28.9. The van der Waals surface area contributed by atoms with Crippen LogP contribution in [0.1, 0.15) is 106 Å². The van der Waals surface area contributed by atoms with Crippen molar-refractivity contribution in [3.05, 3.63) is 70.7 Å². The quantitative estimate of drug-likeness (QED) is 0.304. The number of allylic oxidation sites excluding steroid dienone is 2. The number of rotatable bonds is 7. The fourth-order valence-corrected chi connectivity index (χ4v) is 6.77. The molecule has 1 aromatic carbocycles. The third-order valence-corrected chi connectivity index (χ3v) is 9.13. The minimum Gasteiger partial charge on any atom is -0.461 e. The molecule has 7 heteroatoms. The maximum Gasteiger partial charge on any atom is 0.409 e. The van der Waals surface area contributed by atoms with Gasteiger partial charge in [0.05, 0.1) is 31.1 Å². The molecule has 1 aromatic heterocycles. The lowest BCUT2D eigenvalue weighted by molar-refractivity contribution is -0.0809. The van der Waals surface area contributed by atoms with E-state index in [2.05, 4.69) is 19.9 Å². The van der Waals surface area contributed by atoms with Crippen molar-refractivity contribution in [2.45, 2.75) is 96.7 Å². The lowest BCUT2D eigenvalue weighted by atomic mass is 9.64. The Balaban J connectivity index is 1.81. The Bertz CT molecular complexity index is 1200. The van der Waals surface area contributed by atoms with Gasteiger partial charge < -0.3 is 24.3 Å². The van der Waals surface area contributed by atoms with Crippen molar-refractivity contribution in [2.75, 3.05) is 19.7 Å².